The van der Waals surface area contributed by atoms with Crippen LogP contribution in [0.25, 0.3) is 0 Å². The third-order valence-corrected chi connectivity index (χ3v) is 2.08. The lowest BCUT2D eigenvalue weighted by atomic mass is 10.0. The van der Waals surface area contributed by atoms with Crippen LogP contribution in [0.5, 0.6) is 5.75 Å². The van der Waals surface area contributed by atoms with Crippen LogP contribution >= 0.6 is 0 Å². The molecule has 1 aromatic rings. The molecule has 7 heteroatoms. The van der Waals surface area contributed by atoms with Crippen molar-refractivity contribution in [2.24, 2.45) is 0 Å². The molecule has 0 bridgehead atoms. The van der Waals surface area contributed by atoms with E-state index in [1.807, 2.05) is 0 Å². The third kappa shape index (κ3) is 2.53. The van der Waals surface area contributed by atoms with E-state index < -0.39 is 29.0 Å². The van der Waals surface area contributed by atoms with Gasteiger partial charge in [-0.25, -0.2) is 4.79 Å². The smallest absolute Gasteiger partial charge is 0.419 e. The first-order chi connectivity index (χ1) is 8.32. The van der Waals surface area contributed by atoms with Gasteiger partial charge in [-0.1, -0.05) is 0 Å². The van der Waals surface area contributed by atoms with Crippen molar-refractivity contribution in [1.29, 1.82) is 5.26 Å². The molecule has 1 aromatic carbocycles. The molecule has 0 aliphatic heterocycles. The topological polar surface area (TPSA) is 70.3 Å². The Morgan fingerprint density at radius 3 is 2.56 bits per heavy atom. The Kier molecular flexibility index (Phi) is 3.81. The van der Waals surface area contributed by atoms with Crippen LogP contribution in [0.1, 0.15) is 28.4 Å². The number of carbonyl (C=O) groups excluding carboxylic acids is 1. The molecule has 0 atom stereocenters. The van der Waals surface area contributed by atoms with Crippen molar-refractivity contribution in [1.82, 2.24) is 0 Å². The number of ether oxygens (including phenoxy) is 1. The van der Waals surface area contributed by atoms with Gasteiger partial charge in [0.25, 0.3) is 0 Å². The zero-order valence-electron chi connectivity index (χ0n) is 9.21. The number of nitriles is 1. The fourth-order valence-electron chi connectivity index (χ4n) is 1.32. The van der Waals surface area contributed by atoms with Gasteiger partial charge in [0.2, 0.25) is 0 Å². The number of phenols is 1. The van der Waals surface area contributed by atoms with E-state index in [-0.39, 0.29) is 12.2 Å². The molecule has 0 aromatic heterocycles. The van der Waals surface area contributed by atoms with Gasteiger partial charge in [-0.15, -0.1) is 0 Å². The molecule has 0 aliphatic carbocycles. The van der Waals surface area contributed by atoms with Gasteiger partial charge >= 0.3 is 12.1 Å². The first-order valence-electron chi connectivity index (χ1n) is 4.83. The number of carbonyl (C=O) groups is 1. The molecule has 1 N–H and O–H groups in total. The van der Waals surface area contributed by atoms with Crippen molar-refractivity contribution in [3.63, 3.8) is 0 Å². The second-order valence-corrected chi connectivity index (χ2v) is 3.21. The summed E-state index contributed by atoms with van der Waals surface area (Å²) >= 11 is 0. The molecule has 0 saturated heterocycles. The number of halogens is 3. The Bertz CT molecular complexity index is 517. The number of phenolic OH excluding ortho intramolecular Hbond substituents is 1. The molecule has 4 nitrogen and oxygen atoms in total. The monoisotopic (exact) mass is 259 g/mol. The van der Waals surface area contributed by atoms with Crippen molar-refractivity contribution in [3.8, 4) is 11.8 Å². The average molecular weight is 259 g/mol. The van der Waals surface area contributed by atoms with E-state index in [4.69, 9.17) is 5.26 Å². The summed E-state index contributed by atoms with van der Waals surface area (Å²) < 4.78 is 42.1. The summed E-state index contributed by atoms with van der Waals surface area (Å²) in [5.41, 5.74) is -2.53. The first kappa shape index (κ1) is 13.8. The number of hydrogen-bond donors (Lipinski definition) is 1. The lowest BCUT2D eigenvalue weighted by molar-refractivity contribution is -0.138. The van der Waals surface area contributed by atoms with E-state index >= 15 is 0 Å². The second-order valence-electron chi connectivity index (χ2n) is 3.21. The highest BCUT2D eigenvalue weighted by Gasteiger charge is 2.36. The minimum absolute atomic E-state index is 0.0839. The van der Waals surface area contributed by atoms with Crippen molar-refractivity contribution < 1.29 is 27.8 Å². The van der Waals surface area contributed by atoms with Crippen molar-refractivity contribution in [3.05, 3.63) is 28.8 Å². The highest BCUT2D eigenvalue weighted by molar-refractivity contribution is 5.95. The molecular formula is C11H8F3NO3. The summed E-state index contributed by atoms with van der Waals surface area (Å²) in [7, 11) is 0. The predicted molar refractivity (Wildman–Crippen MR) is 53.8 cm³/mol. The van der Waals surface area contributed by atoms with Gasteiger partial charge < -0.3 is 9.84 Å². The fraction of sp³-hybridized carbons (Fsp3) is 0.273. The van der Waals surface area contributed by atoms with E-state index in [0.717, 1.165) is 6.07 Å². The highest BCUT2D eigenvalue weighted by atomic mass is 19.4. The third-order valence-electron chi connectivity index (χ3n) is 2.08. The number of hydrogen-bond acceptors (Lipinski definition) is 4. The molecule has 0 fully saturated rings. The molecular weight excluding hydrogens is 251 g/mol. The minimum Gasteiger partial charge on any atom is -0.506 e. The Morgan fingerprint density at radius 2 is 2.11 bits per heavy atom. The van der Waals surface area contributed by atoms with Crippen molar-refractivity contribution in [2.75, 3.05) is 6.61 Å². The van der Waals surface area contributed by atoms with E-state index in [9.17, 15) is 23.1 Å². The van der Waals surface area contributed by atoms with E-state index in [1.54, 1.807) is 0 Å². The maximum absolute atomic E-state index is 12.5. The molecule has 1 rings (SSSR count). The molecule has 0 unspecified atom stereocenters. The van der Waals surface area contributed by atoms with Crippen LogP contribution in [-0.2, 0) is 10.9 Å². The van der Waals surface area contributed by atoms with Crippen LogP contribution < -0.4 is 0 Å². The Labute approximate surface area is 100 Å². The van der Waals surface area contributed by atoms with Gasteiger partial charge in [0.05, 0.1) is 17.7 Å². The normalized spacial score (nSPS) is 10.8. The Hall–Kier alpha value is -2.23. The average Bonchev–Trinajstić information content (AvgIpc) is 2.26. The van der Waals surface area contributed by atoms with Crippen molar-refractivity contribution in [2.45, 2.75) is 13.1 Å². The number of benzene rings is 1. The van der Waals surface area contributed by atoms with Gasteiger partial charge in [-0.2, -0.15) is 18.4 Å². The molecule has 0 spiro atoms. The van der Waals surface area contributed by atoms with Crippen LogP contribution in [0.3, 0.4) is 0 Å². The molecule has 0 radical (unpaired) electrons. The summed E-state index contributed by atoms with van der Waals surface area (Å²) in [5, 5.41) is 18.2. The summed E-state index contributed by atoms with van der Waals surface area (Å²) in [6.45, 7) is 1.37. The van der Waals surface area contributed by atoms with Crippen LogP contribution in [0.2, 0.25) is 0 Å². The molecule has 96 valence electrons. The zero-order valence-corrected chi connectivity index (χ0v) is 9.21. The fourth-order valence-corrected chi connectivity index (χ4v) is 1.32. The second kappa shape index (κ2) is 4.96. The molecule has 0 aliphatic rings. The van der Waals surface area contributed by atoms with Crippen LogP contribution in [-0.4, -0.2) is 17.7 Å². The van der Waals surface area contributed by atoms with Gasteiger partial charge in [0.15, 0.2) is 0 Å². The Morgan fingerprint density at radius 1 is 1.50 bits per heavy atom. The Balaban J connectivity index is 3.47. The number of esters is 1. The summed E-state index contributed by atoms with van der Waals surface area (Å²) in [6.07, 6.45) is -4.82. The van der Waals surface area contributed by atoms with E-state index in [1.165, 1.54) is 13.0 Å². The number of rotatable bonds is 2. The number of aromatic hydroxyl groups is 1. The van der Waals surface area contributed by atoms with E-state index in [2.05, 4.69) is 4.74 Å². The standard InChI is InChI=1S/C11H8F3NO3/c1-2-18-10(17)8-6(5-15)3-4-7(9(8)16)11(12,13)14/h3-4,16H,2H2,1H3. The molecule has 0 heterocycles. The maximum atomic E-state index is 12.5. The van der Waals surface area contributed by atoms with Crippen LogP contribution in [0.15, 0.2) is 12.1 Å². The van der Waals surface area contributed by atoms with E-state index in [0.29, 0.717) is 6.07 Å². The molecule has 0 saturated carbocycles. The van der Waals surface area contributed by atoms with Gasteiger partial charge in [-0.3, -0.25) is 0 Å². The lowest BCUT2D eigenvalue weighted by Gasteiger charge is -2.12. The zero-order chi connectivity index (χ0) is 13.9. The largest absolute Gasteiger partial charge is 0.506 e. The van der Waals surface area contributed by atoms with Crippen molar-refractivity contribution >= 4 is 5.97 Å². The minimum atomic E-state index is -4.82. The van der Waals surface area contributed by atoms with Crippen LogP contribution in [0, 0.1) is 11.3 Å². The van der Waals surface area contributed by atoms with Gasteiger partial charge in [-0.05, 0) is 19.1 Å². The molecule has 18 heavy (non-hydrogen) atoms. The SMILES string of the molecule is CCOC(=O)c1c(C#N)ccc(C(F)(F)F)c1O. The summed E-state index contributed by atoms with van der Waals surface area (Å²) in [4.78, 5) is 11.4. The summed E-state index contributed by atoms with van der Waals surface area (Å²) in [5.74, 6) is -2.46. The maximum Gasteiger partial charge on any atom is 0.419 e. The number of alkyl halides is 3. The lowest BCUT2D eigenvalue weighted by Crippen LogP contribution is -2.12. The van der Waals surface area contributed by atoms with Crippen LogP contribution in [0.4, 0.5) is 13.2 Å². The highest BCUT2D eigenvalue weighted by Crippen LogP contribution is 2.38. The summed E-state index contributed by atoms with van der Waals surface area (Å²) in [6, 6.07) is 2.88. The molecule has 0 amide bonds. The number of nitrogens with zero attached hydrogens (tertiary/aromatic N) is 1. The first-order valence-corrected chi connectivity index (χ1v) is 4.83. The van der Waals surface area contributed by atoms with Gasteiger partial charge in [0, 0.05) is 0 Å². The quantitative estimate of drug-likeness (QED) is 0.828. The van der Waals surface area contributed by atoms with Gasteiger partial charge in [0.1, 0.15) is 17.4 Å². The predicted octanol–water partition coefficient (Wildman–Crippen LogP) is 2.46.